The van der Waals surface area contributed by atoms with Gasteiger partial charge in [-0.1, -0.05) is 0 Å². The van der Waals surface area contributed by atoms with E-state index in [4.69, 9.17) is 9.47 Å². The Hall–Kier alpha value is -1.40. The lowest BCUT2D eigenvalue weighted by Crippen LogP contribution is -2.28. The monoisotopic (exact) mass is 312 g/mol. The van der Waals surface area contributed by atoms with Crippen molar-refractivity contribution in [3.63, 3.8) is 0 Å². The van der Waals surface area contributed by atoms with Crippen molar-refractivity contribution in [2.45, 2.75) is 17.9 Å². The summed E-state index contributed by atoms with van der Waals surface area (Å²) in [6.45, 7) is 1.24. The molecule has 0 atom stereocenters. The van der Waals surface area contributed by atoms with Crippen LogP contribution in [-0.2, 0) is 11.3 Å². The third kappa shape index (κ3) is 4.82. The molecule has 21 heavy (non-hydrogen) atoms. The Morgan fingerprint density at radius 3 is 2.43 bits per heavy atom. The van der Waals surface area contributed by atoms with Crippen LogP contribution in [0.4, 0.5) is 0 Å². The Morgan fingerprint density at radius 2 is 1.90 bits per heavy atom. The zero-order valence-corrected chi connectivity index (χ0v) is 14.2. The second-order valence-corrected chi connectivity index (χ2v) is 5.47. The molecule has 1 N–H and O–H groups in total. The van der Waals surface area contributed by atoms with Crippen molar-refractivity contribution >= 4 is 17.7 Å². The minimum absolute atomic E-state index is 0.117. The minimum Gasteiger partial charge on any atom is -0.493 e. The second-order valence-electron chi connectivity index (χ2n) is 4.62. The van der Waals surface area contributed by atoms with E-state index in [9.17, 15) is 4.79 Å². The molecule has 0 radical (unpaired) electrons. The molecular weight excluding hydrogens is 288 g/mol. The molecule has 0 aliphatic heterocycles. The molecule has 0 bridgehead atoms. The first-order valence-electron chi connectivity index (χ1n) is 6.74. The van der Waals surface area contributed by atoms with Crippen LogP contribution in [0.3, 0.4) is 0 Å². The number of nitrogens with one attached hydrogen (secondary N) is 1. The highest BCUT2D eigenvalue weighted by Gasteiger charge is 2.14. The Bertz CT molecular complexity index is 480. The van der Waals surface area contributed by atoms with Gasteiger partial charge in [0.25, 0.3) is 0 Å². The second kappa shape index (κ2) is 8.79. The molecule has 1 aromatic carbocycles. The van der Waals surface area contributed by atoms with Crippen LogP contribution in [0.25, 0.3) is 0 Å². The highest BCUT2D eigenvalue weighted by atomic mass is 32.2. The molecule has 0 saturated carbocycles. The Balaban J connectivity index is 2.93. The zero-order valence-electron chi connectivity index (χ0n) is 13.4. The van der Waals surface area contributed by atoms with Crippen LogP contribution in [0.5, 0.6) is 11.5 Å². The molecule has 0 aromatic heterocycles. The summed E-state index contributed by atoms with van der Waals surface area (Å²) in [6, 6.07) is 3.89. The normalized spacial score (nSPS) is 10.3. The number of nitrogens with zero attached hydrogens (tertiary/aromatic N) is 1. The largest absolute Gasteiger partial charge is 0.493 e. The molecule has 6 heteroatoms. The maximum atomic E-state index is 12.0. The third-order valence-corrected chi connectivity index (χ3v) is 4.03. The third-order valence-electron chi connectivity index (χ3n) is 3.21. The minimum atomic E-state index is 0.117. The fourth-order valence-corrected chi connectivity index (χ4v) is 2.59. The molecule has 118 valence electrons. The van der Waals surface area contributed by atoms with E-state index in [1.54, 1.807) is 30.9 Å². The van der Waals surface area contributed by atoms with Gasteiger partial charge in [0, 0.05) is 31.5 Å². The van der Waals surface area contributed by atoms with Gasteiger partial charge in [0.15, 0.2) is 11.5 Å². The predicted octanol–water partition coefficient (Wildman–Crippen LogP) is 1.99. The fraction of sp³-hybridized carbons (Fsp3) is 0.533. The molecule has 0 fully saturated rings. The summed E-state index contributed by atoms with van der Waals surface area (Å²) in [7, 11) is 6.89. The fourth-order valence-electron chi connectivity index (χ4n) is 1.98. The first kappa shape index (κ1) is 17.7. The molecule has 0 aliphatic rings. The number of hydrogen-bond donors (Lipinski definition) is 1. The van der Waals surface area contributed by atoms with Crippen LogP contribution in [0.1, 0.15) is 12.0 Å². The van der Waals surface area contributed by atoms with Crippen molar-refractivity contribution in [2.75, 3.05) is 41.1 Å². The van der Waals surface area contributed by atoms with Crippen LogP contribution in [0, 0.1) is 0 Å². The Labute approximate surface area is 131 Å². The van der Waals surface area contributed by atoms with Crippen molar-refractivity contribution in [2.24, 2.45) is 0 Å². The van der Waals surface area contributed by atoms with E-state index < -0.39 is 0 Å². The first-order valence-corrected chi connectivity index (χ1v) is 7.97. The number of rotatable bonds is 8. The highest BCUT2D eigenvalue weighted by molar-refractivity contribution is 7.98. The summed E-state index contributed by atoms with van der Waals surface area (Å²) in [5.74, 6) is 1.50. The summed E-state index contributed by atoms with van der Waals surface area (Å²) in [4.78, 5) is 14.8. The summed E-state index contributed by atoms with van der Waals surface area (Å²) in [5, 5.41) is 2.99. The van der Waals surface area contributed by atoms with E-state index in [0.29, 0.717) is 31.0 Å². The van der Waals surface area contributed by atoms with Gasteiger partial charge in [-0.05, 0) is 31.0 Å². The molecule has 0 spiro atoms. The van der Waals surface area contributed by atoms with Crippen molar-refractivity contribution in [1.29, 1.82) is 0 Å². The van der Waals surface area contributed by atoms with Crippen LogP contribution >= 0.6 is 11.8 Å². The Morgan fingerprint density at radius 1 is 1.29 bits per heavy atom. The number of carbonyl (C=O) groups is 1. The van der Waals surface area contributed by atoms with Crippen molar-refractivity contribution in [3.8, 4) is 11.5 Å². The number of carbonyl (C=O) groups excluding carboxylic acids is 1. The standard InChI is InChI=1S/C15H24N2O3S/c1-16-7-6-15(18)17(2)10-11-8-12(19-3)13(20-4)9-14(11)21-5/h8-9,16H,6-7,10H2,1-5H3. The van der Waals surface area contributed by atoms with Crippen molar-refractivity contribution in [1.82, 2.24) is 10.2 Å². The van der Waals surface area contributed by atoms with Crippen molar-refractivity contribution < 1.29 is 14.3 Å². The summed E-state index contributed by atoms with van der Waals surface area (Å²) < 4.78 is 10.6. The van der Waals surface area contributed by atoms with E-state index in [1.165, 1.54) is 0 Å². The van der Waals surface area contributed by atoms with Gasteiger partial charge in [-0.15, -0.1) is 11.8 Å². The van der Waals surface area contributed by atoms with E-state index in [1.807, 2.05) is 32.5 Å². The van der Waals surface area contributed by atoms with E-state index in [-0.39, 0.29) is 5.91 Å². The van der Waals surface area contributed by atoms with Gasteiger partial charge in [-0.25, -0.2) is 0 Å². The Kier molecular flexibility index (Phi) is 7.39. The average molecular weight is 312 g/mol. The summed E-state index contributed by atoms with van der Waals surface area (Å²) >= 11 is 1.63. The van der Waals surface area contributed by atoms with Gasteiger partial charge in [-0.2, -0.15) is 0 Å². The van der Waals surface area contributed by atoms with Gasteiger partial charge in [0.05, 0.1) is 14.2 Å². The number of hydrogen-bond acceptors (Lipinski definition) is 5. The number of methoxy groups -OCH3 is 2. The number of thioether (sulfide) groups is 1. The predicted molar refractivity (Wildman–Crippen MR) is 86.3 cm³/mol. The average Bonchev–Trinajstić information content (AvgIpc) is 2.51. The van der Waals surface area contributed by atoms with Gasteiger partial charge in [-0.3, -0.25) is 4.79 Å². The van der Waals surface area contributed by atoms with Gasteiger partial charge < -0.3 is 19.7 Å². The summed E-state index contributed by atoms with van der Waals surface area (Å²) in [6.07, 6.45) is 2.50. The maximum absolute atomic E-state index is 12.0. The number of benzene rings is 1. The molecule has 1 rings (SSSR count). The van der Waals surface area contributed by atoms with Crippen LogP contribution in [-0.4, -0.2) is 51.9 Å². The number of amides is 1. The van der Waals surface area contributed by atoms with Gasteiger partial charge in [0.2, 0.25) is 5.91 Å². The van der Waals surface area contributed by atoms with Crippen molar-refractivity contribution in [3.05, 3.63) is 17.7 Å². The van der Waals surface area contributed by atoms with Gasteiger partial charge >= 0.3 is 0 Å². The number of ether oxygens (including phenoxy) is 2. The lowest BCUT2D eigenvalue weighted by atomic mass is 10.1. The zero-order chi connectivity index (χ0) is 15.8. The van der Waals surface area contributed by atoms with E-state index >= 15 is 0 Å². The topological polar surface area (TPSA) is 50.8 Å². The summed E-state index contributed by atoms with van der Waals surface area (Å²) in [5.41, 5.74) is 1.06. The van der Waals surface area contributed by atoms with E-state index in [0.717, 1.165) is 10.5 Å². The van der Waals surface area contributed by atoms with E-state index in [2.05, 4.69) is 5.32 Å². The first-order chi connectivity index (χ1) is 10.1. The molecule has 0 heterocycles. The maximum Gasteiger partial charge on any atom is 0.223 e. The molecular formula is C15H24N2O3S. The lowest BCUT2D eigenvalue weighted by molar-refractivity contribution is -0.130. The molecule has 1 amide bonds. The smallest absolute Gasteiger partial charge is 0.223 e. The quantitative estimate of drug-likeness (QED) is 0.744. The molecule has 5 nitrogen and oxygen atoms in total. The van der Waals surface area contributed by atoms with Crippen LogP contribution in [0.15, 0.2) is 17.0 Å². The molecule has 0 saturated heterocycles. The molecule has 1 aromatic rings. The van der Waals surface area contributed by atoms with Crippen LogP contribution in [0.2, 0.25) is 0 Å². The molecule has 0 unspecified atom stereocenters. The SMILES string of the molecule is CNCCC(=O)N(C)Cc1cc(OC)c(OC)cc1SC. The molecule has 0 aliphatic carbocycles. The highest BCUT2D eigenvalue weighted by Crippen LogP contribution is 2.35. The lowest BCUT2D eigenvalue weighted by Gasteiger charge is -2.20. The van der Waals surface area contributed by atoms with Crippen LogP contribution < -0.4 is 14.8 Å². The van der Waals surface area contributed by atoms with Gasteiger partial charge in [0.1, 0.15) is 0 Å².